The summed E-state index contributed by atoms with van der Waals surface area (Å²) in [6.45, 7) is 15.6. The SMILES string of the molecule is CC[NH+](CC(=O)Nc1ccc(C(C)(C)C)cc1)CC(=O)NC(C)(C)C. The summed E-state index contributed by atoms with van der Waals surface area (Å²) in [6.07, 6.45) is 0. The zero-order valence-electron chi connectivity index (χ0n) is 16.7. The molecular formula is C20H34N3O2+. The highest BCUT2D eigenvalue weighted by atomic mass is 16.2. The third-order valence-corrected chi connectivity index (χ3v) is 3.87. The molecule has 2 amide bonds. The molecule has 0 bridgehead atoms. The molecule has 25 heavy (non-hydrogen) atoms. The number of hydrogen-bond acceptors (Lipinski definition) is 2. The summed E-state index contributed by atoms with van der Waals surface area (Å²) in [6, 6.07) is 7.93. The van der Waals surface area contributed by atoms with Gasteiger partial charge < -0.3 is 15.5 Å². The molecule has 0 radical (unpaired) electrons. The van der Waals surface area contributed by atoms with E-state index in [1.165, 1.54) is 5.56 Å². The average molecular weight is 349 g/mol. The van der Waals surface area contributed by atoms with Gasteiger partial charge in [0.1, 0.15) is 0 Å². The molecule has 1 rings (SSSR count). The molecule has 0 aliphatic rings. The summed E-state index contributed by atoms with van der Waals surface area (Å²) >= 11 is 0. The van der Waals surface area contributed by atoms with E-state index in [2.05, 4.69) is 31.4 Å². The molecule has 1 aromatic carbocycles. The van der Waals surface area contributed by atoms with Crippen LogP contribution in [0.4, 0.5) is 5.69 Å². The number of likely N-dealkylation sites (N-methyl/N-ethyl adjacent to an activating group) is 1. The quantitative estimate of drug-likeness (QED) is 0.733. The van der Waals surface area contributed by atoms with Gasteiger partial charge in [-0.15, -0.1) is 0 Å². The lowest BCUT2D eigenvalue weighted by Crippen LogP contribution is -3.14. The molecule has 1 unspecified atom stereocenters. The maximum Gasteiger partial charge on any atom is 0.279 e. The van der Waals surface area contributed by atoms with Gasteiger partial charge in [0.15, 0.2) is 13.1 Å². The van der Waals surface area contributed by atoms with Crippen molar-refractivity contribution in [2.24, 2.45) is 0 Å². The van der Waals surface area contributed by atoms with E-state index in [9.17, 15) is 9.59 Å². The van der Waals surface area contributed by atoms with Gasteiger partial charge in [-0.25, -0.2) is 0 Å². The van der Waals surface area contributed by atoms with Crippen molar-refractivity contribution in [1.29, 1.82) is 0 Å². The molecule has 3 N–H and O–H groups in total. The number of carbonyl (C=O) groups excluding carboxylic acids is 2. The number of anilines is 1. The number of rotatable bonds is 6. The molecule has 140 valence electrons. The molecular weight excluding hydrogens is 314 g/mol. The molecule has 0 aromatic heterocycles. The van der Waals surface area contributed by atoms with Crippen LogP contribution in [0, 0.1) is 0 Å². The predicted molar refractivity (Wildman–Crippen MR) is 103 cm³/mol. The van der Waals surface area contributed by atoms with E-state index in [0.717, 1.165) is 10.6 Å². The Bertz CT molecular complexity index is 580. The highest BCUT2D eigenvalue weighted by molar-refractivity contribution is 5.91. The minimum absolute atomic E-state index is 0.0355. The van der Waals surface area contributed by atoms with Crippen LogP contribution < -0.4 is 15.5 Å². The Hall–Kier alpha value is -1.88. The Labute approximate surface area is 152 Å². The van der Waals surface area contributed by atoms with Crippen LogP contribution in [-0.4, -0.2) is 37.0 Å². The lowest BCUT2D eigenvalue weighted by atomic mass is 9.87. The second-order valence-corrected chi connectivity index (χ2v) is 8.63. The topological polar surface area (TPSA) is 62.6 Å². The van der Waals surface area contributed by atoms with Crippen LogP contribution in [0.15, 0.2) is 24.3 Å². The second kappa shape index (κ2) is 8.48. The van der Waals surface area contributed by atoms with Crippen molar-refractivity contribution < 1.29 is 14.5 Å². The fourth-order valence-corrected chi connectivity index (χ4v) is 2.49. The van der Waals surface area contributed by atoms with Gasteiger partial charge in [0.2, 0.25) is 0 Å². The highest BCUT2D eigenvalue weighted by Gasteiger charge is 2.20. The number of quaternary nitrogens is 1. The lowest BCUT2D eigenvalue weighted by Gasteiger charge is -2.23. The molecule has 1 atom stereocenters. The van der Waals surface area contributed by atoms with Crippen molar-refractivity contribution in [2.75, 3.05) is 25.0 Å². The average Bonchev–Trinajstić information content (AvgIpc) is 2.44. The third-order valence-electron chi connectivity index (χ3n) is 3.87. The number of hydrogen-bond donors (Lipinski definition) is 3. The Morgan fingerprint density at radius 1 is 0.920 bits per heavy atom. The molecule has 5 nitrogen and oxygen atoms in total. The van der Waals surface area contributed by atoms with E-state index < -0.39 is 0 Å². The van der Waals surface area contributed by atoms with Crippen LogP contribution in [0.25, 0.3) is 0 Å². The van der Waals surface area contributed by atoms with Crippen LogP contribution in [0.2, 0.25) is 0 Å². The predicted octanol–water partition coefficient (Wildman–Crippen LogP) is 1.74. The van der Waals surface area contributed by atoms with E-state index in [1.54, 1.807) is 0 Å². The van der Waals surface area contributed by atoms with Gasteiger partial charge in [0, 0.05) is 11.2 Å². The van der Waals surface area contributed by atoms with Crippen LogP contribution >= 0.6 is 0 Å². The van der Waals surface area contributed by atoms with Crippen LogP contribution in [-0.2, 0) is 15.0 Å². The van der Waals surface area contributed by atoms with Crippen molar-refractivity contribution >= 4 is 17.5 Å². The zero-order chi connectivity index (χ0) is 19.3. The van der Waals surface area contributed by atoms with E-state index >= 15 is 0 Å². The van der Waals surface area contributed by atoms with E-state index in [4.69, 9.17) is 0 Å². The fraction of sp³-hybridized carbons (Fsp3) is 0.600. The molecule has 0 heterocycles. The van der Waals surface area contributed by atoms with Crippen LogP contribution in [0.5, 0.6) is 0 Å². The summed E-state index contributed by atoms with van der Waals surface area (Å²) in [5, 5.41) is 5.85. The summed E-state index contributed by atoms with van der Waals surface area (Å²) in [4.78, 5) is 25.2. The number of amides is 2. The van der Waals surface area contributed by atoms with Crippen molar-refractivity contribution in [1.82, 2.24) is 5.32 Å². The largest absolute Gasteiger partial charge is 0.347 e. The minimum atomic E-state index is -0.257. The van der Waals surface area contributed by atoms with Gasteiger partial charge in [0.25, 0.3) is 11.8 Å². The van der Waals surface area contributed by atoms with Gasteiger partial charge in [0.05, 0.1) is 6.54 Å². The maximum atomic E-state index is 12.3. The third kappa shape index (κ3) is 8.16. The van der Waals surface area contributed by atoms with Crippen molar-refractivity contribution in [3.05, 3.63) is 29.8 Å². The molecule has 0 saturated heterocycles. The second-order valence-electron chi connectivity index (χ2n) is 8.63. The van der Waals surface area contributed by atoms with Gasteiger partial charge in [-0.05, 0) is 50.8 Å². The molecule has 5 heteroatoms. The molecule has 0 aliphatic heterocycles. The first-order chi connectivity index (χ1) is 11.4. The first-order valence-electron chi connectivity index (χ1n) is 8.95. The zero-order valence-corrected chi connectivity index (χ0v) is 16.7. The minimum Gasteiger partial charge on any atom is -0.347 e. The van der Waals surface area contributed by atoms with Crippen LogP contribution in [0.3, 0.4) is 0 Å². The lowest BCUT2D eigenvalue weighted by molar-refractivity contribution is -0.881. The standard InChI is InChI=1S/C20H33N3O2/c1-8-23(14-18(25)22-20(5,6)7)13-17(24)21-16-11-9-15(10-12-16)19(2,3)4/h9-12H,8,13-14H2,1-7H3,(H,21,24)(H,22,25)/p+1. The Morgan fingerprint density at radius 2 is 1.44 bits per heavy atom. The van der Waals surface area contributed by atoms with Crippen LogP contribution in [0.1, 0.15) is 54.0 Å². The fourth-order valence-electron chi connectivity index (χ4n) is 2.49. The molecule has 0 spiro atoms. The van der Waals surface area contributed by atoms with E-state index in [0.29, 0.717) is 13.1 Å². The van der Waals surface area contributed by atoms with Crippen molar-refractivity contribution in [3.63, 3.8) is 0 Å². The Morgan fingerprint density at radius 3 is 1.88 bits per heavy atom. The van der Waals surface area contributed by atoms with Gasteiger partial charge in [-0.3, -0.25) is 9.59 Å². The Balaban J connectivity index is 2.57. The smallest absolute Gasteiger partial charge is 0.279 e. The molecule has 0 saturated carbocycles. The monoisotopic (exact) mass is 348 g/mol. The number of carbonyl (C=O) groups is 2. The highest BCUT2D eigenvalue weighted by Crippen LogP contribution is 2.23. The van der Waals surface area contributed by atoms with Gasteiger partial charge in [-0.1, -0.05) is 32.9 Å². The summed E-state index contributed by atoms with van der Waals surface area (Å²) in [7, 11) is 0. The van der Waals surface area contributed by atoms with E-state index in [1.807, 2.05) is 52.0 Å². The number of benzene rings is 1. The molecule has 0 aliphatic carbocycles. The summed E-state index contributed by atoms with van der Waals surface area (Å²) in [5.41, 5.74) is 1.84. The number of nitrogens with one attached hydrogen (secondary N) is 3. The summed E-state index contributed by atoms with van der Waals surface area (Å²) in [5.74, 6) is -0.115. The maximum absolute atomic E-state index is 12.3. The first kappa shape index (κ1) is 21.2. The van der Waals surface area contributed by atoms with E-state index in [-0.39, 0.29) is 29.3 Å². The molecule has 1 aromatic rings. The van der Waals surface area contributed by atoms with Gasteiger partial charge in [-0.2, -0.15) is 0 Å². The Kier molecular flexibility index (Phi) is 7.17. The van der Waals surface area contributed by atoms with Crippen molar-refractivity contribution in [2.45, 2.75) is 59.4 Å². The molecule has 0 fully saturated rings. The first-order valence-corrected chi connectivity index (χ1v) is 8.95. The summed E-state index contributed by atoms with van der Waals surface area (Å²) < 4.78 is 0. The van der Waals surface area contributed by atoms with Crippen molar-refractivity contribution in [3.8, 4) is 0 Å². The van der Waals surface area contributed by atoms with Gasteiger partial charge >= 0.3 is 0 Å². The normalized spacial score (nSPS) is 13.2.